The summed E-state index contributed by atoms with van der Waals surface area (Å²) in [6.07, 6.45) is 3.99. The molecular weight excluding hydrogens is 512 g/mol. The van der Waals surface area contributed by atoms with E-state index in [1.165, 1.54) is 17.5 Å². The smallest absolute Gasteiger partial charge is 0.358 e. The molecule has 0 saturated heterocycles. The number of hydrogen-bond donors (Lipinski definition) is 0. The van der Waals surface area contributed by atoms with E-state index in [-0.39, 0.29) is 10.7 Å². The van der Waals surface area contributed by atoms with Gasteiger partial charge in [-0.15, -0.1) is 0 Å². The molecule has 5 rings (SSSR count). The van der Waals surface area contributed by atoms with Crippen LogP contribution < -0.4 is 14.8 Å². The van der Waals surface area contributed by atoms with Crippen molar-refractivity contribution in [2.24, 2.45) is 7.05 Å². The van der Waals surface area contributed by atoms with Crippen molar-refractivity contribution < 1.29 is 14.0 Å². The van der Waals surface area contributed by atoms with Crippen molar-refractivity contribution in [2.45, 2.75) is 25.8 Å². The second-order valence-corrected chi connectivity index (χ2v) is 15.1. The predicted molar refractivity (Wildman–Crippen MR) is 166 cm³/mol. The molecule has 0 spiro atoms. The molecule has 0 aliphatic rings. The highest BCUT2D eigenvalue weighted by Crippen LogP contribution is 2.40. The molecule has 4 aromatic carbocycles. The number of nitrogens with zero attached hydrogens (tertiary/aromatic N) is 2. The molecule has 0 fully saturated rings. The molecule has 0 bridgehead atoms. The number of fused-ring (bicyclic) bond motifs is 1. The van der Waals surface area contributed by atoms with Gasteiger partial charge in [-0.25, -0.2) is 4.79 Å². The van der Waals surface area contributed by atoms with Crippen LogP contribution in [0.1, 0.15) is 42.5 Å². The molecule has 6 heteroatoms. The van der Waals surface area contributed by atoms with E-state index >= 15 is 0 Å². The Balaban J connectivity index is 1.67. The maximum atomic E-state index is 12.0. The highest BCUT2D eigenvalue weighted by atomic mass is 28.4. The summed E-state index contributed by atoms with van der Waals surface area (Å²) >= 11 is 0. The van der Waals surface area contributed by atoms with Gasteiger partial charge in [-0.1, -0.05) is 112 Å². The normalized spacial score (nSPS) is 12.1. The number of carbonyl (C=O) groups is 1. The fourth-order valence-corrected chi connectivity index (χ4v) is 9.75. The maximum Gasteiger partial charge on any atom is 0.358 e. The van der Waals surface area contributed by atoms with Gasteiger partial charge in [-0.05, 0) is 50.6 Å². The van der Waals surface area contributed by atoms with Gasteiger partial charge >= 0.3 is 14.3 Å². The van der Waals surface area contributed by atoms with Gasteiger partial charge in [0.2, 0.25) is 0 Å². The summed E-state index contributed by atoms with van der Waals surface area (Å²) < 4.78 is 13.9. The van der Waals surface area contributed by atoms with Gasteiger partial charge in [0.05, 0.1) is 12.8 Å². The summed E-state index contributed by atoms with van der Waals surface area (Å²) in [7, 11) is 0.336. The van der Waals surface area contributed by atoms with Crippen LogP contribution in [0.4, 0.5) is 0 Å². The minimum absolute atomic E-state index is 0.165. The molecular formula is C34H34N2O3Si. The highest BCUT2D eigenvalue weighted by Gasteiger charge is 2.52. The first-order valence-corrected chi connectivity index (χ1v) is 15.3. The van der Waals surface area contributed by atoms with E-state index in [9.17, 15) is 4.79 Å². The van der Waals surface area contributed by atoms with Crippen molar-refractivity contribution in [3.63, 3.8) is 0 Å². The van der Waals surface area contributed by atoms with Gasteiger partial charge in [-0.3, -0.25) is 4.68 Å². The minimum atomic E-state index is -2.83. The molecule has 1 aromatic heterocycles. The predicted octanol–water partition coefficient (Wildman–Crippen LogP) is 6.47. The molecule has 0 unspecified atom stereocenters. The molecule has 0 aliphatic heterocycles. The first-order chi connectivity index (χ1) is 19.2. The van der Waals surface area contributed by atoms with E-state index in [1.54, 1.807) is 10.7 Å². The summed E-state index contributed by atoms with van der Waals surface area (Å²) in [5, 5.41) is 8.73. The lowest BCUT2D eigenvalue weighted by Gasteiger charge is -2.43. The number of methoxy groups -OCH3 is 1. The molecule has 0 aliphatic carbocycles. The standard InChI is InChI=1S/C34H34N2O3Si/c1-34(2,3)40(28-15-8-6-9-16-28,29-17-10-7-11-18-29)39-32-23-25(22-26-14-12-13-19-30(26)32)20-21-27-24-31(33(37)38-5)35-36(27)4/h6-24H,1-5H3. The average molecular weight is 547 g/mol. The Bertz CT molecular complexity index is 1630. The number of rotatable bonds is 7. The number of benzene rings is 4. The minimum Gasteiger partial charge on any atom is -0.534 e. The third-order valence-electron chi connectivity index (χ3n) is 7.28. The summed E-state index contributed by atoms with van der Waals surface area (Å²) in [4.78, 5) is 12.0. The first kappa shape index (κ1) is 27.2. The van der Waals surface area contributed by atoms with Crippen LogP contribution in [0.25, 0.3) is 22.9 Å². The summed E-state index contributed by atoms with van der Waals surface area (Å²) in [6, 6.07) is 35.7. The van der Waals surface area contributed by atoms with Crippen LogP contribution >= 0.6 is 0 Å². The second kappa shape index (κ2) is 11.0. The molecule has 0 N–H and O–H groups in total. The maximum absolute atomic E-state index is 12.0. The molecule has 202 valence electrons. The Morgan fingerprint density at radius 3 is 2.02 bits per heavy atom. The van der Waals surface area contributed by atoms with Crippen LogP contribution in [0, 0.1) is 0 Å². The number of esters is 1. The monoisotopic (exact) mass is 546 g/mol. The summed E-state index contributed by atoms with van der Waals surface area (Å²) in [5.41, 5.74) is 2.06. The molecule has 0 radical (unpaired) electrons. The third kappa shape index (κ3) is 5.10. The van der Waals surface area contributed by atoms with Crippen molar-refractivity contribution in [3.05, 3.63) is 120 Å². The van der Waals surface area contributed by atoms with Crippen LogP contribution in [0.3, 0.4) is 0 Å². The lowest BCUT2D eigenvalue weighted by atomic mass is 10.1. The van der Waals surface area contributed by atoms with Gasteiger partial charge in [0.1, 0.15) is 5.75 Å². The van der Waals surface area contributed by atoms with E-state index in [0.29, 0.717) is 0 Å². The molecule has 0 saturated carbocycles. The third-order valence-corrected chi connectivity index (χ3v) is 12.2. The lowest BCUT2D eigenvalue weighted by molar-refractivity contribution is 0.0593. The number of carbonyl (C=O) groups excluding carboxylic acids is 1. The molecule has 0 amide bonds. The van der Waals surface area contributed by atoms with Crippen molar-refractivity contribution in [1.29, 1.82) is 0 Å². The van der Waals surface area contributed by atoms with E-state index in [1.807, 2.05) is 25.3 Å². The number of ether oxygens (including phenoxy) is 1. The first-order valence-electron chi connectivity index (χ1n) is 13.4. The SMILES string of the molecule is COC(=O)c1cc(C=Cc2cc(O[Si](c3ccccc3)(c3ccccc3)C(C)(C)C)c3ccccc3c2)n(C)n1. The zero-order valence-corrected chi connectivity index (χ0v) is 24.6. The average Bonchev–Trinajstić information content (AvgIpc) is 3.34. The Kier molecular flexibility index (Phi) is 7.46. The van der Waals surface area contributed by atoms with Crippen LogP contribution in [-0.2, 0) is 11.8 Å². The van der Waals surface area contributed by atoms with Crippen LogP contribution in [0.15, 0.2) is 103 Å². The van der Waals surface area contributed by atoms with Crippen LogP contribution in [-0.4, -0.2) is 31.2 Å². The zero-order valence-electron chi connectivity index (χ0n) is 23.6. The fourth-order valence-electron chi connectivity index (χ4n) is 5.32. The molecule has 0 atom stereocenters. The summed E-state index contributed by atoms with van der Waals surface area (Å²) in [6.45, 7) is 6.85. The molecule has 40 heavy (non-hydrogen) atoms. The van der Waals surface area contributed by atoms with Gasteiger partial charge in [-0.2, -0.15) is 5.10 Å². The van der Waals surface area contributed by atoms with E-state index < -0.39 is 14.3 Å². The Hall–Kier alpha value is -4.42. The van der Waals surface area contributed by atoms with Crippen molar-refractivity contribution in [1.82, 2.24) is 9.78 Å². The van der Waals surface area contributed by atoms with E-state index in [2.05, 4.69) is 117 Å². The van der Waals surface area contributed by atoms with E-state index in [4.69, 9.17) is 9.16 Å². The molecule has 5 aromatic rings. The Labute approximate surface area is 236 Å². The molecule has 5 nitrogen and oxygen atoms in total. The number of aromatic nitrogens is 2. The van der Waals surface area contributed by atoms with Crippen molar-refractivity contribution in [3.8, 4) is 5.75 Å². The van der Waals surface area contributed by atoms with Gasteiger partial charge in [0, 0.05) is 12.4 Å². The molecule has 1 heterocycles. The van der Waals surface area contributed by atoms with E-state index in [0.717, 1.165) is 27.8 Å². The number of hydrogen-bond acceptors (Lipinski definition) is 4. The van der Waals surface area contributed by atoms with Gasteiger partial charge in [0.25, 0.3) is 0 Å². The van der Waals surface area contributed by atoms with Crippen molar-refractivity contribution in [2.75, 3.05) is 7.11 Å². The summed E-state index contributed by atoms with van der Waals surface area (Å²) in [5.74, 6) is 0.397. The Morgan fingerprint density at radius 1 is 0.825 bits per heavy atom. The van der Waals surface area contributed by atoms with Gasteiger partial charge in [0.15, 0.2) is 5.69 Å². The highest BCUT2D eigenvalue weighted by molar-refractivity contribution is 7.00. The fraction of sp³-hybridized carbons (Fsp3) is 0.176. The topological polar surface area (TPSA) is 53.4 Å². The lowest BCUT2D eigenvalue weighted by Crippen LogP contribution is -2.68. The van der Waals surface area contributed by atoms with Crippen molar-refractivity contribution >= 4 is 47.6 Å². The van der Waals surface area contributed by atoms with Crippen LogP contribution in [0.5, 0.6) is 5.75 Å². The van der Waals surface area contributed by atoms with Gasteiger partial charge < -0.3 is 9.16 Å². The quantitative estimate of drug-likeness (QED) is 0.173. The zero-order chi connectivity index (χ0) is 28.3. The largest absolute Gasteiger partial charge is 0.534 e. The second-order valence-electron chi connectivity index (χ2n) is 10.9. The number of aryl methyl sites for hydroxylation is 1. The van der Waals surface area contributed by atoms with Crippen LogP contribution in [0.2, 0.25) is 5.04 Å². The Morgan fingerprint density at radius 2 is 1.43 bits per heavy atom.